The van der Waals surface area contributed by atoms with Crippen molar-refractivity contribution >= 4 is 33.7 Å². The van der Waals surface area contributed by atoms with Crippen molar-refractivity contribution in [3.05, 3.63) is 60.2 Å². The van der Waals surface area contributed by atoms with E-state index in [0.717, 1.165) is 9.87 Å². The first kappa shape index (κ1) is 28.7. The molecule has 0 radical (unpaired) electrons. The Hall–Kier alpha value is -2.56. The number of methoxy groups -OCH3 is 2. The van der Waals surface area contributed by atoms with Gasteiger partial charge in [0.25, 0.3) is 0 Å². The minimum Gasteiger partial charge on any atom is -0.497 e. The molecule has 35 heavy (non-hydrogen) atoms. The highest BCUT2D eigenvalue weighted by atomic mass is 32.2. The molecule has 0 aromatic heterocycles. The molecule has 0 aliphatic rings. The monoisotopic (exact) mass is 523 g/mol. The normalized spacial score (nSPS) is 12.7. The number of hydrogen-bond acceptors (Lipinski definition) is 8. The molecule has 0 N–H and O–H groups in total. The van der Waals surface area contributed by atoms with Gasteiger partial charge in [-0.05, 0) is 62.8 Å². The summed E-state index contributed by atoms with van der Waals surface area (Å²) in [6.45, 7) is 4.43. The molecular weight excluding hydrogens is 490 g/mol. The average molecular weight is 524 g/mol. The van der Waals surface area contributed by atoms with E-state index in [1.807, 2.05) is 30.3 Å². The molecule has 0 spiro atoms. The van der Waals surface area contributed by atoms with Crippen molar-refractivity contribution in [1.82, 2.24) is 4.31 Å². The molecule has 192 valence electrons. The molecule has 0 saturated heterocycles. The maximum absolute atomic E-state index is 13.6. The summed E-state index contributed by atoms with van der Waals surface area (Å²) in [4.78, 5) is 25.3. The number of esters is 2. The Kier molecular flexibility index (Phi) is 10.6. The number of ether oxygens (including phenoxy) is 3. The summed E-state index contributed by atoms with van der Waals surface area (Å²) in [7, 11) is -1.59. The highest BCUT2D eigenvalue weighted by molar-refractivity contribution is 7.98. The predicted octanol–water partition coefficient (Wildman–Crippen LogP) is 3.89. The number of carbonyl (C=O) groups excluding carboxylic acids is 2. The lowest BCUT2D eigenvalue weighted by Crippen LogP contribution is -2.49. The van der Waals surface area contributed by atoms with E-state index in [1.165, 1.54) is 38.5 Å². The van der Waals surface area contributed by atoms with Gasteiger partial charge in [-0.1, -0.05) is 30.3 Å². The van der Waals surface area contributed by atoms with Crippen LogP contribution in [0.4, 0.5) is 0 Å². The fourth-order valence-corrected chi connectivity index (χ4v) is 5.74. The maximum atomic E-state index is 13.6. The van der Waals surface area contributed by atoms with Crippen LogP contribution in [0.2, 0.25) is 0 Å². The van der Waals surface area contributed by atoms with Gasteiger partial charge in [-0.25, -0.2) is 8.42 Å². The van der Waals surface area contributed by atoms with Gasteiger partial charge in [0.05, 0.1) is 19.1 Å². The second kappa shape index (κ2) is 12.9. The number of nitrogens with zero attached hydrogens (tertiary/aromatic N) is 1. The molecule has 0 saturated carbocycles. The van der Waals surface area contributed by atoms with Gasteiger partial charge in [-0.3, -0.25) is 9.59 Å². The fraction of sp³-hybridized carbons (Fsp3) is 0.440. The van der Waals surface area contributed by atoms with Gasteiger partial charge in [-0.2, -0.15) is 16.1 Å². The molecular formula is C25H33NO7S2. The molecule has 1 unspecified atom stereocenters. The van der Waals surface area contributed by atoms with Crippen LogP contribution < -0.4 is 4.74 Å². The molecule has 0 amide bonds. The highest BCUT2D eigenvalue weighted by Gasteiger charge is 2.39. The first-order valence-corrected chi connectivity index (χ1v) is 13.6. The summed E-state index contributed by atoms with van der Waals surface area (Å²) in [5.74, 6) is 0.139. The van der Waals surface area contributed by atoms with E-state index in [9.17, 15) is 18.0 Å². The standard InChI is InChI=1S/C25H33NO7S2/c1-25(2,3)33-23(27)17-26(35(29,30)21-13-11-20(31-4)12-14-21)22(24(28)32-5)15-16-34-18-19-9-7-6-8-10-19/h6-14,22H,15-18H2,1-5H3. The largest absolute Gasteiger partial charge is 0.497 e. The first-order chi connectivity index (χ1) is 16.5. The summed E-state index contributed by atoms with van der Waals surface area (Å²) >= 11 is 1.56. The average Bonchev–Trinajstić information content (AvgIpc) is 2.82. The molecule has 0 fully saturated rings. The number of carbonyl (C=O) groups is 2. The molecule has 0 aliphatic carbocycles. The lowest BCUT2D eigenvalue weighted by Gasteiger charge is -2.29. The predicted molar refractivity (Wildman–Crippen MR) is 136 cm³/mol. The van der Waals surface area contributed by atoms with Crippen LogP contribution in [-0.4, -0.2) is 62.8 Å². The lowest BCUT2D eigenvalue weighted by molar-refractivity contribution is -0.156. The Morgan fingerprint density at radius 2 is 1.63 bits per heavy atom. The molecule has 0 heterocycles. The van der Waals surface area contributed by atoms with Gasteiger partial charge in [0.1, 0.15) is 23.9 Å². The quantitative estimate of drug-likeness (QED) is 0.305. The van der Waals surface area contributed by atoms with Crippen molar-refractivity contribution in [3.63, 3.8) is 0 Å². The van der Waals surface area contributed by atoms with Crippen molar-refractivity contribution in [2.45, 2.75) is 49.5 Å². The maximum Gasteiger partial charge on any atom is 0.324 e. The van der Waals surface area contributed by atoms with Crippen molar-refractivity contribution in [2.24, 2.45) is 0 Å². The summed E-state index contributed by atoms with van der Waals surface area (Å²) in [5.41, 5.74) is 0.294. The molecule has 8 nitrogen and oxygen atoms in total. The number of thioether (sulfide) groups is 1. The SMILES string of the molecule is COC(=O)C(CCSCc1ccccc1)N(CC(=O)OC(C)(C)C)S(=O)(=O)c1ccc(OC)cc1. The Labute approximate surface area is 212 Å². The lowest BCUT2D eigenvalue weighted by atomic mass is 10.2. The third-order valence-electron chi connectivity index (χ3n) is 4.84. The van der Waals surface area contributed by atoms with Crippen LogP contribution >= 0.6 is 11.8 Å². The smallest absolute Gasteiger partial charge is 0.324 e. The van der Waals surface area contributed by atoms with Gasteiger partial charge >= 0.3 is 11.9 Å². The summed E-state index contributed by atoms with van der Waals surface area (Å²) in [5, 5.41) is 0. The molecule has 0 aliphatic heterocycles. The van der Waals surface area contributed by atoms with Crippen LogP contribution in [0.3, 0.4) is 0 Å². The zero-order valence-corrected chi connectivity index (χ0v) is 22.4. The Balaban J connectivity index is 2.32. The Morgan fingerprint density at radius 3 is 2.17 bits per heavy atom. The van der Waals surface area contributed by atoms with Crippen LogP contribution in [0.5, 0.6) is 5.75 Å². The molecule has 1 atom stereocenters. The molecule has 2 aromatic rings. The number of rotatable bonds is 12. The van der Waals surface area contributed by atoms with E-state index >= 15 is 0 Å². The van der Waals surface area contributed by atoms with E-state index in [4.69, 9.17) is 14.2 Å². The number of hydrogen-bond donors (Lipinski definition) is 0. The molecule has 10 heteroatoms. The zero-order chi connectivity index (χ0) is 26.1. The van der Waals surface area contributed by atoms with Crippen molar-refractivity contribution in [1.29, 1.82) is 0 Å². The van der Waals surface area contributed by atoms with Crippen molar-refractivity contribution in [3.8, 4) is 5.75 Å². The molecule has 0 bridgehead atoms. The van der Waals surface area contributed by atoms with E-state index in [0.29, 0.717) is 17.3 Å². The van der Waals surface area contributed by atoms with E-state index in [1.54, 1.807) is 32.5 Å². The van der Waals surface area contributed by atoms with Gasteiger partial charge in [0.2, 0.25) is 10.0 Å². The van der Waals surface area contributed by atoms with Gasteiger partial charge in [0.15, 0.2) is 0 Å². The zero-order valence-electron chi connectivity index (χ0n) is 20.7. The van der Waals surface area contributed by atoms with Gasteiger partial charge in [-0.15, -0.1) is 0 Å². The van der Waals surface area contributed by atoms with Crippen LogP contribution in [-0.2, 0) is 34.8 Å². The minimum atomic E-state index is -4.25. The van der Waals surface area contributed by atoms with Crippen molar-refractivity contribution in [2.75, 3.05) is 26.5 Å². The van der Waals surface area contributed by atoms with Crippen LogP contribution in [0.15, 0.2) is 59.5 Å². The van der Waals surface area contributed by atoms with E-state index in [2.05, 4.69) is 0 Å². The molecule has 2 rings (SSSR count). The van der Waals surface area contributed by atoms with E-state index < -0.39 is 40.1 Å². The highest BCUT2D eigenvalue weighted by Crippen LogP contribution is 2.25. The Bertz CT molecular complexity index is 1070. The van der Waals surface area contributed by atoms with Gasteiger partial charge < -0.3 is 14.2 Å². The summed E-state index contributed by atoms with van der Waals surface area (Å²) in [6.07, 6.45) is 0.155. The number of benzene rings is 2. The van der Waals surface area contributed by atoms with Crippen LogP contribution in [0, 0.1) is 0 Å². The topological polar surface area (TPSA) is 99.2 Å². The fourth-order valence-electron chi connectivity index (χ4n) is 3.22. The second-order valence-electron chi connectivity index (χ2n) is 8.68. The molecule has 2 aromatic carbocycles. The minimum absolute atomic E-state index is 0.0762. The van der Waals surface area contributed by atoms with Crippen LogP contribution in [0.1, 0.15) is 32.8 Å². The third-order valence-corrected chi connectivity index (χ3v) is 7.77. The summed E-state index contributed by atoms with van der Waals surface area (Å²) < 4.78 is 43.5. The number of sulfonamides is 1. The first-order valence-electron chi connectivity index (χ1n) is 11.0. The van der Waals surface area contributed by atoms with Gasteiger partial charge in [0, 0.05) is 5.75 Å². The van der Waals surface area contributed by atoms with E-state index in [-0.39, 0.29) is 11.3 Å². The second-order valence-corrected chi connectivity index (χ2v) is 11.7. The van der Waals surface area contributed by atoms with Crippen molar-refractivity contribution < 1.29 is 32.2 Å². The van der Waals surface area contributed by atoms with Crippen LogP contribution in [0.25, 0.3) is 0 Å². The Morgan fingerprint density at radius 1 is 1.00 bits per heavy atom. The summed E-state index contributed by atoms with van der Waals surface area (Å²) in [6, 6.07) is 14.3. The third kappa shape index (κ3) is 8.87.